The van der Waals surface area contributed by atoms with Crippen LogP contribution in [0.2, 0.25) is 0 Å². The maximum absolute atomic E-state index is 12.6. The van der Waals surface area contributed by atoms with E-state index in [0.29, 0.717) is 47.3 Å². The highest BCUT2D eigenvalue weighted by Crippen LogP contribution is 2.35. The number of aliphatic hydroxyl groups excluding tert-OH is 2. The van der Waals surface area contributed by atoms with E-state index >= 15 is 0 Å². The quantitative estimate of drug-likeness (QED) is 0.431. The normalized spacial score (nSPS) is 18.5. The van der Waals surface area contributed by atoms with Crippen molar-refractivity contribution in [3.05, 3.63) is 48.2 Å². The maximum Gasteiger partial charge on any atom is 0.414 e. The fourth-order valence-corrected chi connectivity index (χ4v) is 4.05. The zero-order valence-electron chi connectivity index (χ0n) is 19.3. The van der Waals surface area contributed by atoms with Gasteiger partial charge in [-0.05, 0) is 24.3 Å². The highest BCUT2D eigenvalue weighted by Gasteiger charge is 2.34. The standard InChI is InChI=1S/C24H24N4O8/c1-33-19-5-3-16-20(27-19)15(6-7-25-16)21(29)22(30)23(31)26-11-14-12-28(24(32)36-14)13-2-4-17-18(10-13)35-9-8-34-17/h2-7,10,14,21-22,29-30H,8-9,11-12H2,1H3,(H,26,31)/t14?,21-,22+/m1/s1. The molecule has 0 radical (unpaired) electrons. The molecule has 12 nitrogen and oxygen atoms in total. The summed E-state index contributed by atoms with van der Waals surface area (Å²) in [7, 11) is 1.45. The first-order valence-electron chi connectivity index (χ1n) is 11.3. The zero-order chi connectivity index (χ0) is 25.2. The number of amides is 2. The van der Waals surface area contributed by atoms with Gasteiger partial charge in [0, 0.05) is 23.9 Å². The molecule has 2 amide bonds. The molecule has 4 heterocycles. The second-order valence-corrected chi connectivity index (χ2v) is 8.20. The third-order valence-electron chi connectivity index (χ3n) is 5.90. The molecule has 1 fully saturated rings. The third kappa shape index (κ3) is 4.55. The molecule has 1 unspecified atom stereocenters. The number of aromatic nitrogens is 2. The molecule has 2 aliphatic rings. The van der Waals surface area contributed by atoms with Gasteiger partial charge in [0.05, 0.1) is 36.9 Å². The Kier molecular flexibility index (Phi) is 6.44. The van der Waals surface area contributed by atoms with Crippen LogP contribution in [-0.4, -0.2) is 77.8 Å². The van der Waals surface area contributed by atoms with E-state index in [1.807, 2.05) is 0 Å². The lowest BCUT2D eigenvalue weighted by Crippen LogP contribution is -2.42. The Balaban J connectivity index is 1.22. The number of rotatable bonds is 7. The molecule has 1 saturated heterocycles. The van der Waals surface area contributed by atoms with Gasteiger partial charge in [0.25, 0.3) is 5.91 Å². The molecule has 0 bridgehead atoms. The molecular formula is C24H24N4O8. The van der Waals surface area contributed by atoms with Crippen LogP contribution >= 0.6 is 0 Å². The summed E-state index contributed by atoms with van der Waals surface area (Å²) < 4.78 is 21.5. The molecule has 3 aromatic rings. The van der Waals surface area contributed by atoms with E-state index in [9.17, 15) is 19.8 Å². The molecule has 0 spiro atoms. The summed E-state index contributed by atoms with van der Waals surface area (Å²) >= 11 is 0. The van der Waals surface area contributed by atoms with E-state index < -0.39 is 30.3 Å². The summed E-state index contributed by atoms with van der Waals surface area (Å²) in [6.07, 6.45) is -3.16. The Labute approximate surface area is 205 Å². The lowest BCUT2D eigenvalue weighted by Gasteiger charge is -2.21. The minimum absolute atomic E-state index is 0.0570. The number of nitrogens with one attached hydrogen (secondary N) is 1. The van der Waals surface area contributed by atoms with Crippen LogP contribution in [0.25, 0.3) is 11.0 Å². The minimum Gasteiger partial charge on any atom is -0.486 e. The van der Waals surface area contributed by atoms with Crippen LogP contribution in [0.15, 0.2) is 42.6 Å². The van der Waals surface area contributed by atoms with Crippen molar-refractivity contribution in [2.24, 2.45) is 0 Å². The Morgan fingerprint density at radius 2 is 2.00 bits per heavy atom. The Hall–Kier alpha value is -4.16. The van der Waals surface area contributed by atoms with Crippen molar-refractivity contribution in [2.75, 3.05) is 38.3 Å². The molecule has 1 aromatic carbocycles. The lowest BCUT2D eigenvalue weighted by atomic mass is 10.0. The van der Waals surface area contributed by atoms with Crippen LogP contribution in [0, 0.1) is 0 Å². The predicted molar refractivity (Wildman–Crippen MR) is 125 cm³/mol. The average Bonchev–Trinajstić information content (AvgIpc) is 3.30. The number of nitrogens with zero attached hydrogens (tertiary/aromatic N) is 3. The number of anilines is 1. The van der Waals surface area contributed by atoms with E-state index in [2.05, 4.69) is 15.3 Å². The molecule has 3 N–H and O–H groups in total. The average molecular weight is 496 g/mol. The zero-order valence-corrected chi connectivity index (χ0v) is 19.3. The van der Waals surface area contributed by atoms with Gasteiger partial charge in [0.1, 0.15) is 25.4 Å². The lowest BCUT2D eigenvalue weighted by molar-refractivity contribution is -0.135. The molecule has 188 valence electrons. The third-order valence-corrected chi connectivity index (χ3v) is 5.90. The van der Waals surface area contributed by atoms with Gasteiger partial charge in [-0.15, -0.1) is 0 Å². The van der Waals surface area contributed by atoms with Crippen LogP contribution in [0.1, 0.15) is 11.7 Å². The number of benzene rings is 1. The number of hydrogen-bond acceptors (Lipinski definition) is 10. The number of carbonyl (C=O) groups is 2. The van der Waals surface area contributed by atoms with Crippen molar-refractivity contribution >= 4 is 28.7 Å². The predicted octanol–water partition coefficient (Wildman–Crippen LogP) is 0.945. The maximum atomic E-state index is 12.6. The first kappa shape index (κ1) is 23.6. The van der Waals surface area contributed by atoms with Crippen molar-refractivity contribution in [1.82, 2.24) is 15.3 Å². The Bertz CT molecular complexity index is 1300. The molecule has 3 atom stereocenters. The Morgan fingerprint density at radius 3 is 2.81 bits per heavy atom. The van der Waals surface area contributed by atoms with Gasteiger partial charge < -0.3 is 34.5 Å². The first-order valence-corrected chi connectivity index (χ1v) is 11.3. The monoisotopic (exact) mass is 496 g/mol. The summed E-state index contributed by atoms with van der Waals surface area (Å²) in [6, 6.07) is 9.88. The SMILES string of the molecule is COc1ccc2nccc([C@@H](O)[C@H](O)C(=O)NCC3CN(c4ccc5c(c4)OCCO5)C(=O)O3)c2n1. The summed E-state index contributed by atoms with van der Waals surface area (Å²) in [5, 5.41) is 23.7. The number of methoxy groups -OCH3 is 1. The number of aliphatic hydroxyl groups is 2. The van der Waals surface area contributed by atoms with E-state index in [0.717, 1.165) is 0 Å². The van der Waals surface area contributed by atoms with E-state index in [1.165, 1.54) is 24.3 Å². The molecule has 2 aromatic heterocycles. The van der Waals surface area contributed by atoms with Crippen LogP contribution in [0.5, 0.6) is 17.4 Å². The van der Waals surface area contributed by atoms with Crippen molar-refractivity contribution in [1.29, 1.82) is 0 Å². The molecule has 5 rings (SSSR count). The van der Waals surface area contributed by atoms with Gasteiger partial charge in [-0.1, -0.05) is 0 Å². The first-order chi connectivity index (χ1) is 17.4. The smallest absolute Gasteiger partial charge is 0.414 e. The van der Waals surface area contributed by atoms with Crippen molar-refractivity contribution in [3.8, 4) is 17.4 Å². The number of hydrogen-bond donors (Lipinski definition) is 3. The second-order valence-electron chi connectivity index (χ2n) is 8.20. The topological polar surface area (TPSA) is 153 Å². The highest BCUT2D eigenvalue weighted by molar-refractivity contribution is 5.90. The summed E-state index contributed by atoms with van der Waals surface area (Å²) in [6.45, 7) is 1.000. The fourth-order valence-electron chi connectivity index (χ4n) is 4.05. The van der Waals surface area contributed by atoms with Gasteiger partial charge >= 0.3 is 6.09 Å². The van der Waals surface area contributed by atoms with Crippen molar-refractivity contribution in [2.45, 2.75) is 18.3 Å². The molecule has 36 heavy (non-hydrogen) atoms. The largest absolute Gasteiger partial charge is 0.486 e. The number of carbonyl (C=O) groups excluding carboxylic acids is 2. The fraction of sp³-hybridized carbons (Fsp3) is 0.333. The summed E-state index contributed by atoms with van der Waals surface area (Å²) in [5.74, 6) is 0.610. The Morgan fingerprint density at radius 1 is 1.19 bits per heavy atom. The van der Waals surface area contributed by atoms with Gasteiger partial charge in [-0.2, -0.15) is 0 Å². The molecular weight excluding hydrogens is 472 g/mol. The van der Waals surface area contributed by atoms with Crippen molar-refractivity contribution < 1.29 is 38.7 Å². The number of ether oxygens (including phenoxy) is 4. The highest BCUT2D eigenvalue weighted by atomic mass is 16.6. The minimum atomic E-state index is -1.80. The number of fused-ring (bicyclic) bond motifs is 2. The van der Waals surface area contributed by atoms with Crippen LogP contribution in [0.3, 0.4) is 0 Å². The second kappa shape index (κ2) is 9.84. The molecule has 0 saturated carbocycles. The summed E-state index contributed by atoms with van der Waals surface area (Å²) in [4.78, 5) is 34.9. The van der Waals surface area contributed by atoms with Gasteiger partial charge in [0.2, 0.25) is 5.88 Å². The summed E-state index contributed by atoms with van der Waals surface area (Å²) in [5.41, 5.74) is 1.56. The van der Waals surface area contributed by atoms with Crippen LogP contribution < -0.4 is 24.4 Å². The molecule has 12 heteroatoms. The van der Waals surface area contributed by atoms with Crippen LogP contribution in [0.4, 0.5) is 10.5 Å². The van der Waals surface area contributed by atoms with Gasteiger partial charge in [-0.3, -0.25) is 14.7 Å². The molecule has 2 aliphatic heterocycles. The number of pyridine rings is 2. The van der Waals surface area contributed by atoms with Crippen LogP contribution in [-0.2, 0) is 9.53 Å². The van der Waals surface area contributed by atoms with E-state index in [-0.39, 0.29) is 18.7 Å². The van der Waals surface area contributed by atoms with E-state index in [1.54, 1.807) is 30.3 Å². The van der Waals surface area contributed by atoms with E-state index in [4.69, 9.17) is 18.9 Å². The van der Waals surface area contributed by atoms with Gasteiger partial charge in [0.15, 0.2) is 17.6 Å². The van der Waals surface area contributed by atoms with Gasteiger partial charge in [-0.25, -0.2) is 9.78 Å². The molecule has 0 aliphatic carbocycles. The number of cyclic esters (lactones) is 1. The van der Waals surface area contributed by atoms with Crippen molar-refractivity contribution in [3.63, 3.8) is 0 Å².